The van der Waals surface area contributed by atoms with Crippen LogP contribution in [0.15, 0.2) is 42.7 Å². The van der Waals surface area contributed by atoms with Gasteiger partial charge in [-0.1, -0.05) is 35.9 Å². The van der Waals surface area contributed by atoms with Gasteiger partial charge < -0.3 is 10.2 Å². The van der Waals surface area contributed by atoms with Crippen molar-refractivity contribution >= 4 is 35.6 Å². The molecular weight excluding hydrogens is 426 g/mol. The molecule has 0 saturated carbocycles. The van der Waals surface area contributed by atoms with Gasteiger partial charge in [-0.2, -0.15) is 5.26 Å². The molecule has 9 heteroatoms. The summed E-state index contributed by atoms with van der Waals surface area (Å²) < 4.78 is 27.4. The average molecular weight is 445 g/mol. The van der Waals surface area contributed by atoms with Gasteiger partial charge in [0.25, 0.3) is 11.8 Å². The van der Waals surface area contributed by atoms with Crippen LogP contribution in [0.3, 0.4) is 0 Å². The number of likely N-dealkylation sites (tertiary alicyclic amines) is 1. The monoisotopic (exact) mass is 444 g/mol. The zero-order valence-electron chi connectivity index (χ0n) is 16.4. The number of pyridine rings is 1. The summed E-state index contributed by atoms with van der Waals surface area (Å²) in [5.41, 5.74) is 1.65. The number of nitrogens with one attached hydrogen (secondary N) is 1. The minimum absolute atomic E-state index is 0.104. The molecule has 1 aliphatic heterocycles. The van der Waals surface area contributed by atoms with E-state index >= 15 is 0 Å². The Hall–Kier alpha value is -3.31. The van der Waals surface area contributed by atoms with E-state index in [0.29, 0.717) is 10.6 Å². The van der Waals surface area contributed by atoms with Crippen molar-refractivity contribution in [2.24, 2.45) is 0 Å². The standard InChI is InChI=1S/C22H19ClF2N4O2/c23-17-5-2-15(3-6-17)1-4-16-12-27-10-8-19(16)21(31)28-13-20(30)29-14-22(24,25)9-7-18(29)11-26/h1-6,8,10,12,18H,7,9,13-14H2,(H,28,31)/b4-1+. The van der Waals surface area contributed by atoms with Crippen molar-refractivity contribution in [1.29, 1.82) is 5.26 Å². The first-order chi connectivity index (χ1) is 14.8. The Labute approximate surface area is 183 Å². The Morgan fingerprint density at radius 1 is 1.29 bits per heavy atom. The lowest BCUT2D eigenvalue weighted by Gasteiger charge is -2.36. The quantitative estimate of drug-likeness (QED) is 0.760. The number of nitrogens with zero attached hydrogens (tertiary/aromatic N) is 3. The van der Waals surface area contributed by atoms with Crippen molar-refractivity contribution in [3.63, 3.8) is 0 Å². The van der Waals surface area contributed by atoms with E-state index in [2.05, 4.69) is 10.3 Å². The van der Waals surface area contributed by atoms with Gasteiger partial charge in [-0.15, -0.1) is 0 Å². The molecular formula is C22H19ClF2N4O2. The maximum Gasteiger partial charge on any atom is 0.265 e. The SMILES string of the molecule is N#CC1CCC(F)(F)CN1C(=O)CNC(=O)c1ccncc1/C=C/c1ccc(Cl)cc1. The number of rotatable bonds is 5. The molecule has 1 fully saturated rings. The third kappa shape index (κ3) is 5.86. The lowest BCUT2D eigenvalue weighted by Crippen LogP contribution is -2.53. The van der Waals surface area contributed by atoms with Crippen molar-refractivity contribution in [3.8, 4) is 6.07 Å². The lowest BCUT2D eigenvalue weighted by atomic mass is 10.00. The summed E-state index contributed by atoms with van der Waals surface area (Å²) in [6, 6.07) is 9.54. The number of nitriles is 1. The number of carbonyl (C=O) groups is 2. The van der Waals surface area contributed by atoms with Crippen molar-refractivity contribution in [2.75, 3.05) is 13.1 Å². The first kappa shape index (κ1) is 22.4. The van der Waals surface area contributed by atoms with Crippen LogP contribution in [-0.4, -0.2) is 46.8 Å². The molecule has 1 unspecified atom stereocenters. The molecule has 2 heterocycles. The van der Waals surface area contributed by atoms with E-state index in [0.717, 1.165) is 10.5 Å². The molecule has 2 amide bonds. The maximum absolute atomic E-state index is 13.7. The second kappa shape index (κ2) is 9.67. The summed E-state index contributed by atoms with van der Waals surface area (Å²) in [6.45, 7) is -1.32. The lowest BCUT2D eigenvalue weighted by molar-refractivity contribution is -0.143. The van der Waals surface area contributed by atoms with Gasteiger partial charge in [0, 0.05) is 35.0 Å². The molecule has 31 heavy (non-hydrogen) atoms. The molecule has 2 aromatic rings. The fourth-order valence-corrected chi connectivity index (χ4v) is 3.32. The molecule has 0 bridgehead atoms. The highest BCUT2D eigenvalue weighted by molar-refractivity contribution is 6.30. The van der Waals surface area contributed by atoms with Gasteiger partial charge in [0.15, 0.2) is 0 Å². The van der Waals surface area contributed by atoms with Crippen LogP contribution >= 0.6 is 11.6 Å². The maximum atomic E-state index is 13.7. The minimum Gasteiger partial charge on any atom is -0.343 e. The molecule has 1 aromatic carbocycles. The Kier molecular flexibility index (Phi) is 6.98. The molecule has 0 aliphatic carbocycles. The number of amides is 2. The van der Waals surface area contributed by atoms with Crippen LogP contribution in [0, 0.1) is 11.3 Å². The number of alkyl halides is 2. The summed E-state index contributed by atoms with van der Waals surface area (Å²) in [4.78, 5) is 29.9. The Balaban J connectivity index is 1.67. The van der Waals surface area contributed by atoms with Crippen LogP contribution in [0.25, 0.3) is 12.2 Å². The van der Waals surface area contributed by atoms with Gasteiger partial charge in [0.2, 0.25) is 5.91 Å². The summed E-state index contributed by atoms with van der Waals surface area (Å²) in [5.74, 6) is -4.33. The van der Waals surface area contributed by atoms with E-state index in [9.17, 15) is 18.4 Å². The zero-order chi connectivity index (χ0) is 22.4. The van der Waals surface area contributed by atoms with Gasteiger partial charge in [-0.25, -0.2) is 8.78 Å². The number of hydrogen-bond acceptors (Lipinski definition) is 4. The van der Waals surface area contributed by atoms with E-state index in [4.69, 9.17) is 16.9 Å². The van der Waals surface area contributed by atoms with E-state index in [1.807, 2.05) is 18.2 Å². The zero-order valence-corrected chi connectivity index (χ0v) is 17.1. The molecule has 1 aromatic heterocycles. The van der Waals surface area contributed by atoms with Crippen molar-refractivity contribution in [2.45, 2.75) is 24.8 Å². The molecule has 0 spiro atoms. The van der Waals surface area contributed by atoms with E-state index < -0.39 is 43.3 Å². The molecule has 1 aliphatic rings. The highest BCUT2D eigenvalue weighted by Crippen LogP contribution is 2.30. The first-order valence-corrected chi connectivity index (χ1v) is 9.90. The van der Waals surface area contributed by atoms with Gasteiger partial charge in [0.1, 0.15) is 6.04 Å². The highest BCUT2D eigenvalue weighted by Gasteiger charge is 2.42. The molecule has 3 rings (SSSR count). The van der Waals surface area contributed by atoms with Gasteiger partial charge in [0.05, 0.1) is 19.2 Å². The van der Waals surface area contributed by atoms with Crippen LogP contribution < -0.4 is 5.32 Å². The smallest absolute Gasteiger partial charge is 0.265 e. The van der Waals surface area contributed by atoms with Gasteiger partial charge in [-0.05, 0) is 30.2 Å². The molecule has 1 atom stereocenters. The number of aromatic nitrogens is 1. The second-order valence-electron chi connectivity index (χ2n) is 7.09. The van der Waals surface area contributed by atoms with Crippen LogP contribution in [-0.2, 0) is 4.79 Å². The normalized spacial score (nSPS) is 17.9. The van der Waals surface area contributed by atoms with Crippen LogP contribution in [0.5, 0.6) is 0 Å². The molecule has 0 radical (unpaired) electrons. The largest absolute Gasteiger partial charge is 0.343 e. The number of piperidine rings is 1. The molecule has 1 N–H and O–H groups in total. The Morgan fingerprint density at radius 2 is 2.03 bits per heavy atom. The van der Waals surface area contributed by atoms with E-state index in [-0.39, 0.29) is 12.0 Å². The number of carbonyl (C=O) groups excluding carboxylic acids is 2. The summed E-state index contributed by atoms with van der Waals surface area (Å²) in [5, 5.41) is 12.2. The number of benzene rings is 1. The summed E-state index contributed by atoms with van der Waals surface area (Å²) in [7, 11) is 0. The number of halogens is 3. The minimum atomic E-state index is -3.04. The van der Waals surface area contributed by atoms with Crippen LogP contribution in [0.1, 0.15) is 34.3 Å². The molecule has 160 valence electrons. The van der Waals surface area contributed by atoms with Gasteiger partial charge in [-0.3, -0.25) is 14.6 Å². The van der Waals surface area contributed by atoms with E-state index in [1.165, 1.54) is 18.5 Å². The average Bonchev–Trinajstić information content (AvgIpc) is 2.76. The topological polar surface area (TPSA) is 86.1 Å². The first-order valence-electron chi connectivity index (χ1n) is 9.52. The Morgan fingerprint density at radius 3 is 2.74 bits per heavy atom. The fraction of sp³-hybridized carbons (Fsp3) is 0.273. The molecule has 6 nitrogen and oxygen atoms in total. The predicted octanol–water partition coefficient (Wildman–Crippen LogP) is 3.79. The van der Waals surface area contributed by atoms with Gasteiger partial charge >= 0.3 is 0 Å². The van der Waals surface area contributed by atoms with Crippen molar-refractivity contribution in [3.05, 3.63) is 64.4 Å². The predicted molar refractivity (Wildman–Crippen MR) is 112 cm³/mol. The fourth-order valence-electron chi connectivity index (χ4n) is 3.20. The summed E-state index contributed by atoms with van der Waals surface area (Å²) in [6.07, 6.45) is 5.87. The van der Waals surface area contributed by atoms with Crippen LogP contribution in [0.4, 0.5) is 8.78 Å². The van der Waals surface area contributed by atoms with Crippen LogP contribution in [0.2, 0.25) is 5.02 Å². The highest BCUT2D eigenvalue weighted by atomic mass is 35.5. The summed E-state index contributed by atoms with van der Waals surface area (Å²) >= 11 is 5.87. The van der Waals surface area contributed by atoms with E-state index in [1.54, 1.807) is 24.3 Å². The van der Waals surface area contributed by atoms with Crippen molar-refractivity contribution < 1.29 is 18.4 Å². The number of hydrogen-bond donors (Lipinski definition) is 1. The third-order valence-corrected chi connectivity index (χ3v) is 5.10. The van der Waals surface area contributed by atoms with Crippen molar-refractivity contribution in [1.82, 2.24) is 15.2 Å². The second-order valence-corrected chi connectivity index (χ2v) is 7.53. The Bertz CT molecular complexity index is 1030. The third-order valence-electron chi connectivity index (χ3n) is 4.85. The molecule has 1 saturated heterocycles.